The fourth-order valence-electron chi connectivity index (χ4n) is 2.66. The molecule has 29 heavy (non-hydrogen) atoms. The molecule has 8 nitrogen and oxygen atoms in total. The van der Waals surface area contributed by atoms with Gasteiger partial charge in [0.2, 0.25) is 11.0 Å². The number of thioether (sulfide) groups is 1. The summed E-state index contributed by atoms with van der Waals surface area (Å²) < 4.78 is 0.792. The first-order valence-corrected chi connectivity index (χ1v) is 10.5. The van der Waals surface area contributed by atoms with Gasteiger partial charge in [0, 0.05) is 23.7 Å². The van der Waals surface area contributed by atoms with Gasteiger partial charge in [-0.2, -0.15) is 0 Å². The van der Waals surface area contributed by atoms with Crippen molar-refractivity contribution in [3.8, 4) is 0 Å². The molecule has 10 heteroatoms. The molecule has 0 unspecified atom stereocenters. The van der Waals surface area contributed by atoms with Gasteiger partial charge in [-0.25, -0.2) is 9.97 Å². The smallest absolute Gasteiger partial charge is 0.221 e. The summed E-state index contributed by atoms with van der Waals surface area (Å²) in [6, 6.07) is 15.1. The van der Waals surface area contributed by atoms with Crippen LogP contribution >= 0.6 is 23.1 Å². The molecule has 0 saturated carbocycles. The number of para-hydroxylation sites is 1. The van der Waals surface area contributed by atoms with Gasteiger partial charge in [0.05, 0.1) is 11.3 Å². The molecule has 0 atom stereocenters. The Morgan fingerprint density at radius 3 is 2.79 bits per heavy atom. The number of nitrogen functional groups attached to an aromatic ring is 1. The molecule has 0 aliphatic heterocycles. The van der Waals surface area contributed by atoms with E-state index >= 15 is 0 Å². The molecule has 0 spiro atoms. The molecule has 0 saturated heterocycles. The van der Waals surface area contributed by atoms with E-state index in [4.69, 9.17) is 5.73 Å². The van der Waals surface area contributed by atoms with Crippen LogP contribution < -0.4 is 16.4 Å². The zero-order valence-corrected chi connectivity index (χ0v) is 17.0. The van der Waals surface area contributed by atoms with E-state index in [-0.39, 0.29) is 5.91 Å². The number of benzene rings is 2. The number of nitrogens with zero attached hydrogens (tertiary/aromatic N) is 4. The summed E-state index contributed by atoms with van der Waals surface area (Å²) in [4.78, 5) is 20.1. The Balaban J connectivity index is 1.42. The largest absolute Gasteiger partial charge is 0.383 e. The van der Waals surface area contributed by atoms with Crippen molar-refractivity contribution in [1.82, 2.24) is 20.2 Å². The number of carbonyl (C=O) groups is 1. The van der Waals surface area contributed by atoms with E-state index in [2.05, 4.69) is 30.8 Å². The summed E-state index contributed by atoms with van der Waals surface area (Å²) >= 11 is 2.93. The Bertz CT molecular complexity index is 1180. The molecule has 0 aliphatic rings. The SMILES string of the molecule is CC(=O)Nc1cccc(Nc2nnc(SCc3nc(N)c4ccccc4n3)s2)c1. The molecule has 0 fully saturated rings. The average Bonchev–Trinajstić information content (AvgIpc) is 3.13. The molecule has 1 amide bonds. The molecule has 4 aromatic rings. The van der Waals surface area contributed by atoms with Crippen LogP contribution in [0.25, 0.3) is 10.9 Å². The van der Waals surface area contributed by atoms with Crippen LogP contribution in [0.1, 0.15) is 12.7 Å². The van der Waals surface area contributed by atoms with Crippen LogP contribution in [-0.4, -0.2) is 26.1 Å². The number of nitrogens with two attached hydrogens (primary N) is 1. The highest BCUT2D eigenvalue weighted by Crippen LogP contribution is 2.30. The molecule has 146 valence electrons. The summed E-state index contributed by atoms with van der Waals surface area (Å²) in [6.45, 7) is 1.47. The number of rotatable bonds is 6. The van der Waals surface area contributed by atoms with E-state index in [9.17, 15) is 4.79 Å². The Morgan fingerprint density at radius 1 is 1.10 bits per heavy atom. The average molecular weight is 424 g/mol. The number of nitrogens with one attached hydrogen (secondary N) is 2. The van der Waals surface area contributed by atoms with Crippen molar-refractivity contribution < 1.29 is 4.79 Å². The van der Waals surface area contributed by atoms with Crippen molar-refractivity contribution in [3.63, 3.8) is 0 Å². The Morgan fingerprint density at radius 2 is 1.93 bits per heavy atom. The van der Waals surface area contributed by atoms with Crippen LogP contribution in [0.3, 0.4) is 0 Å². The highest BCUT2D eigenvalue weighted by Gasteiger charge is 2.09. The highest BCUT2D eigenvalue weighted by molar-refractivity contribution is 8.00. The third-order valence-electron chi connectivity index (χ3n) is 3.84. The minimum atomic E-state index is -0.117. The number of aromatic nitrogens is 4. The lowest BCUT2D eigenvalue weighted by molar-refractivity contribution is -0.114. The van der Waals surface area contributed by atoms with E-state index in [1.54, 1.807) is 0 Å². The second-order valence-electron chi connectivity index (χ2n) is 6.09. The summed E-state index contributed by atoms with van der Waals surface area (Å²) in [7, 11) is 0. The summed E-state index contributed by atoms with van der Waals surface area (Å²) in [6.07, 6.45) is 0. The third-order valence-corrected chi connectivity index (χ3v) is 5.81. The lowest BCUT2D eigenvalue weighted by Crippen LogP contribution is -2.05. The van der Waals surface area contributed by atoms with Crippen LogP contribution in [-0.2, 0) is 10.5 Å². The van der Waals surface area contributed by atoms with Gasteiger partial charge >= 0.3 is 0 Å². The summed E-state index contributed by atoms with van der Waals surface area (Å²) in [5.41, 5.74) is 8.39. The number of amides is 1. The number of hydrogen-bond donors (Lipinski definition) is 3. The number of fused-ring (bicyclic) bond motifs is 1. The van der Waals surface area contributed by atoms with Crippen LogP contribution in [0.4, 0.5) is 22.3 Å². The van der Waals surface area contributed by atoms with Crippen molar-refractivity contribution in [2.24, 2.45) is 0 Å². The van der Waals surface area contributed by atoms with Gasteiger partial charge in [-0.15, -0.1) is 10.2 Å². The molecule has 2 aromatic heterocycles. The monoisotopic (exact) mass is 423 g/mol. The van der Waals surface area contributed by atoms with Gasteiger partial charge in [-0.3, -0.25) is 4.79 Å². The summed E-state index contributed by atoms with van der Waals surface area (Å²) in [5.74, 6) is 1.55. The first-order chi connectivity index (χ1) is 14.1. The lowest BCUT2D eigenvalue weighted by Gasteiger charge is -2.05. The van der Waals surface area contributed by atoms with Gasteiger partial charge < -0.3 is 16.4 Å². The maximum absolute atomic E-state index is 11.2. The molecule has 4 N–H and O–H groups in total. The quantitative estimate of drug-likeness (QED) is 0.397. The van der Waals surface area contributed by atoms with Gasteiger partial charge in [0.25, 0.3) is 0 Å². The topological polar surface area (TPSA) is 119 Å². The molecular weight excluding hydrogens is 406 g/mol. The van der Waals surface area contributed by atoms with Crippen molar-refractivity contribution in [1.29, 1.82) is 0 Å². The van der Waals surface area contributed by atoms with Crippen molar-refractivity contribution in [3.05, 3.63) is 54.4 Å². The Hall–Kier alpha value is -3.24. The van der Waals surface area contributed by atoms with Crippen LogP contribution in [0, 0.1) is 0 Å². The number of carbonyl (C=O) groups excluding carboxylic acids is 1. The van der Waals surface area contributed by atoms with E-state index in [1.165, 1.54) is 30.0 Å². The highest BCUT2D eigenvalue weighted by atomic mass is 32.2. The molecular formula is C19H17N7OS2. The molecule has 0 radical (unpaired) electrons. The maximum atomic E-state index is 11.2. The zero-order valence-electron chi connectivity index (χ0n) is 15.4. The summed E-state index contributed by atoms with van der Waals surface area (Å²) in [5, 5.41) is 15.8. The first-order valence-electron chi connectivity index (χ1n) is 8.69. The molecule has 0 bridgehead atoms. The lowest BCUT2D eigenvalue weighted by atomic mass is 10.2. The maximum Gasteiger partial charge on any atom is 0.221 e. The Labute approximate surface area is 175 Å². The second-order valence-corrected chi connectivity index (χ2v) is 8.29. The fraction of sp³-hybridized carbons (Fsp3) is 0.105. The number of hydrogen-bond acceptors (Lipinski definition) is 9. The second kappa shape index (κ2) is 8.41. The molecule has 4 rings (SSSR count). The zero-order chi connectivity index (χ0) is 20.2. The third kappa shape index (κ3) is 4.79. The van der Waals surface area contributed by atoms with Crippen molar-refractivity contribution in [2.75, 3.05) is 16.4 Å². The van der Waals surface area contributed by atoms with E-state index in [0.717, 1.165) is 20.9 Å². The van der Waals surface area contributed by atoms with E-state index in [1.807, 2.05) is 48.5 Å². The molecule has 0 aliphatic carbocycles. The van der Waals surface area contributed by atoms with E-state index in [0.29, 0.717) is 28.2 Å². The predicted octanol–water partition coefficient (Wildman–Crippen LogP) is 4.06. The van der Waals surface area contributed by atoms with E-state index < -0.39 is 0 Å². The Kier molecular flexibility index (Phi) is 5.54. The van der Waals surface area contributed by atoms with Crippen LogP contribution in [0.15, 0.2) is 52.9 Å². The fourth-order valence-corrected chi connectivity index (χ4v) is 4.29. The van der Waals surface area contributed by atoms with Crippen LogP contribution in [0.2, 0.25) is 0 Å². The number of anilines is 4. The normalized spacial score (nSPS) is 10.8. The minimum absolute atomic E-state index is 0.117. The standard InChI is InChI=1S/C19H17N7OS2/c1-11(27)21-12-5-4-6-13(9-12)22-18-25-26-19(29-18)28-10-16-23-15-8-3-2-7-14(15)17(20)24-16/h2-9H,10H2,1H3,(H,21,27)(H,22,25)(H2,20,23,24). The van der Waals surface area contributed by atoms with Crippen molar-refractivity contribution in [2.45, 2.75) is 17.0 Å². The van der Waals surface area contributed by atoms with Gasteiger partial charge in [0.15, 0.2) is 4.34 Å². The van der Waals surface area contributed by atoms with Crippen molar-refractivity contribution >= 4 is 62.2 Å². The molecule has 2 aromatic carbocycles. The molecule has 2 heterocycles. The van der Waals surface area contributed by atoms with Gasteiger partial charge in [-0.1, -0.05) is 41.3 Å². The predicted molar refractivity (Wildman–Crippen MR) is 117 cm³/mol. The van der Waals surface area contributed by atoms with Crippen LogP contribution in [0.5, 0.6) is 0 Å². The van der Waals surface area contributed by atoms with Gasteiger partial charge in [0.1, 0.15) is 11.6 Å². The minimum Gasteiger partial charge on any atom is -0.383 e. The first kappa shape index (κ1) is 19.1. The van der Waals surface area contributed by atoms with Gasteiger partial charge in [-0.05, 0) is 30.3 Å².